The van der Waals surface area contributed by atoms with Crippen LogP contribution in [0.25, 0.3) is 22.5 Å². The summed E-state index contributed by atoms with van der Waals surface area (Å²) in [6, 6.07) is 22.0. The maximum atomic E-state index is 5.45. The zero-order chi connectivity index (χ0) is 22.5. The Morgan fingerprint density at radius 1 is 0.844 bits per heavy atom. The number of hydrogen-bond donors (Lipinski definition) is 1. The zero-order valence-electron chi connectivity index (χ0n) is 17.9. The number of aromatic nitrogens is 3. The topological polar surface area (TPSA) is 73.7 Å². The van der Waals surface area contributed by atoms with E-state index >= 15 is 0 Å². The number of hydrogen-bond acceptors (Lipinski definition) is 6. The van der Waals surface area contributed by atoms with Gasteiger partial charge in [-0.3, -0.25) is 0 Å². The molecule has 4 rings (SSSR count). The maximum Gasteiger partial charge on any atom is 0.216 e. The number of ether oxygens (including phenoxy) is 3. The van der Waals surface area contributed by atoms with Crippen LogP contribution in [0.4, 0.5) is 0 Å². The van der Waals surface area contributed by atoms with Crippen LogP contribution in [0.15, 0.2) is 71.8 Å². The van der Waals surface area contributed by atoms with E-state index in [2.05, 4.69) is 39.6 Å². The van der Waals surface area contributed by atoms with Crippen LogP contribution in [-0.2, 0) is 0 Å². The number of benzene rings is 3. The molecule has 0 bridgehead atoms. The molecule has 32 heavy (non-hydrogen) atoms. The van der Waals surface area contributed by atoms with Crippen molar-refractivity contribution in [3.05, 3.63) is 77.1 Å². The molecule has 1 heterocycles. The fourth-order valence-electron chi connectivity index (χ4n) is 3.31. The summed E-state index contributed by atoms with van der Waals surface area (Å²) in [7, 11) is 4.69. The zero-order valence-corrected chi connectivity index (χ0v) is 18.7. The van der Waals surface area contributed by atoms with Gasteiger partial charge in [0, 0.05) is 5.56 Å². The van der Waals surface area contributed by atoms with Crippen LogP contribution >= 0.6 is 12.2 Å². The van der Waals surface area contributed by atoms with Gasteiger partial charge in [0.05, 0.1) is 27.5 Å². The number of aromatic amines is 1. The molecule has 0 atom stereocenters. The van der Waals surface area contributed by atoms with Crippen molar-refractivity contribution in [3.63, 3.8) is 0 Å². The summed E-state index contributed by atoms with van der Waals surface area (Å²) in [6.07, 6.45) is 1.74. The highest BCUT2D eigenvalue weighted by atomic mass is 32.1. The Bertz CT molecular complexity index is 1270. The molecule has 0 saturated carbocycles. The van der Waals surface area contributed by atoms with Gasteiger partial charge in [-0.05, 0) is 41.0 Å². The second kappa shape index (κ2) is 9.49. The summed E-state index contributed by atoms with van der Waals surface area (Å²) in [5.74, 6) is 2.05. The number of rotatable bonds is 7. The van der Waals surface area contributed by atoms with Crippen molar-refractivity contribution in [2.45, 2.75) is 0 Å². The molecule has 0 aliphatic heterocycles. The molecule has 0 aliphatic carbocycles. The van der Waals surface area contributed by atoms with Crippen molar-refractivity contribution in [2.24, 2.45) is 5.10 Å². The molecule has 0 unspecified atom stereocenters. The molecule has 3 aromatic carbocycles. The van der Waals surface area contributed by atoms with E-state index in [0.717, 1.165) is 16.7 Å². The predicted octanol–water partition coefficient (Wildman–Crippen LogP) is 5.18. The normalized spacial score (nSPS) is 11.0. The third-order valence-electron chi connectivity index (χ3n) is 4.91. The minimum Gasteiger partial charge on any atom is -0.493 e. The van der Waals surface area contributed by atoms with Gasteiger partial charge in [0.15, 0.2) is 17.3 Å². The molecule has 162 valence electrons. The van der Waals surface area contributed by atoms with Crippen molar-refractivity contribution in [1.29, 1.82) is 0 Å². The highest BCUT2D eigenvalue weighted by molar-refractivity contribution is 7.71. The maximum absolute atomic E-state index is 5.45. The van der Waals surface area contributed by atoms with Crippen molar-refractivity contribution in [2.75, 3.05) is 21.3 Å². The molecule has 4 aromatic rings. The summed E-state index contributed by atoms with van der Waals surface area (Å²) < 4.78 is 18.2. The van der Waals surface area contributed by atoms with Gasteiger partial charge in [-0.1, -0.05) is 54.6 Å². The minimum atomic E-state index is 0.367. The van der Waals surface area contributed by atoms with E-state index in [0.29, 0.717) is 33.4 Å². The molecule has 0 radical (unpaired) electrons. The Hall–Kier alpha value is -3.91. The Morgan fingerprint density at radius 2 is 1.47 bits per heavy atom. The largest absolute Gasteiger partial charge is 0.493 e. The Labute approximate surface area is 190 Å². The van der Waals surface area contributed by atoms with Crippen molar-refractivity contribution in [3.8, 4) is 39.8 Å². The van der Waals surface area contributed by atoms with Crippen molar-refractivity contribution < 1.29 is 14.2 Å². The third-order valence-corrected chi connectivity index (χ3v) is 5.18. The smallest absolute Gasteiger partial charge is 0.216 e. The van der Waals surface area contributed by atoms with Crippen LogP contribution in [0, 0.1) is 4.77 Å². The van der Waals surface area contributed by atoms with Crippen LogP contribution in [0.2, 0.25) is 0 Å². The van der Waals surface area contributed by atoms with Crippen LogP contribution in [0.5, 0.6) is 17.2 Å². The molecule has 0 fully saturated rings. The summed E-state index contributed by atoms with van der Waals surface area (Å²) in [4.78, 5) is 0. The highest BCUT2D eigenvalue weighted by Crippen LogP contribution is 2.40. The molecular weight excluding hydrogens is 424 g/mol. The van der Waals surface area contributed by atoms with Crippen LogP contribution < -0.4 is 14.2 Å². The van der Waals surface area contributed by atoms with Crippen molar-refractivity contribution >= 4 is 18.4 Å². The van der Waals surface area contributed by atoms with Gasteiger partial charge in [0.1, 0.15) is 0 Å². The lowest BCUT2D eigenvalue weighted by Crippen LogP contribution is -1.99. The van der Waals surface area contributed by atoms with Gasteiger partial charge in [-0.25, -0.2) is 5.10 Å². The van der Waals surface area contributed by atoms with Gasteiger partial charge in [0.2, 0.25) is 10.5 Å². The molecular formula is C24H22N4O3S. The second-order valence-corrected chi connectivity index (χ2v) is 7.20. The Morgan fingerprint density at radius 3 is 2.06 bits per heavy atom. The summed E-state index contributed by atoms with van der Waals surface area (Å²) in [5.41, 5.74) is 3.95. The molecule has 8 heteroatoms. The molecule has 1 N–H and O–H groups in total. The van der Waals surface area contributed by atoms with Gasteiger partial charge < -0.3 is 14.2 Å². The summed E-state index contributed by atoms with van der Waals surface area (Å²) >= 11 is 5.39. The molecule has 1 aromatic heterocycles. The van der Waals surface area contributed by atoms with E-state index < -0.39 is 0 Å². The first kappa shape index (κ1) is 21.3. The minimum absolute atomic E-state index is 0.367. The SMILES string of the molecule is COc1cc(-c2n[nH]c(=S)n2/N=C\c2ccc(-c3ccccc3)cc2)cc(OC)c1OC. The Balaban J connectivity index is 1.67. The second-order valence-electron chi connectivity index (χ2n) is 6.81. The number of H-pyrrole nitrogens is 1. The van der Waals surface area contributed by atoms with Crippen LogP contribution in [-0.4, -0.2) is 42.4 Å². The van der Waals surface area contributed by atoms with E-state index in [1.165, 1.54) is 0 Å². The first-order valence-electron chi connectivity index (χ1n) is 9.82. The van der Waals surface area contributed by atoms with E-state index in [-0.39, 0.29) is 0 Å². The number of nitrogens with zero attached hydrogens (tertiary/aromatic N) is 3. The highest BCUT2D eigenvalue weighted by Gasteiger charge is 2.17. The number of nitrogens with one attached hydrogen (secondary N) is 1. The molecule has 0 saturated heterocycles. The Kier molecular flexibility index (Phi) is 6.32. The molecule has 7 nitrogen and oxygen atoms in total. The number of methoxy groups -OCH3 is 3. The summed E-state index contributed by atoms with van der Waals surface area (Å²) in [5, 5.41) is 11.7. The monoisotopic (exact) mass is 446 g/mol. The lowest BCUT2D eigenvalue weighted by molar-refractivity contribution is 0.324. The van der Waals surface area contributed by atoms with Crippen LogP contribution in [0.3, 0.4) is 0 Å². The molecule has 0 spiro atoms. The van der Waals surface area contributed by atoms with Crippen molar-refractivity contribution in [1.82, 2.24) is 14.9 Å². The van der Waals surface area contributed by atoms with E-state index in [4.69, 9.17) is 26.4 Å². The fraction of sp³-hybridized carbons (Fsp3) is 0.125. The molecule has 0 amide bonds. The first-order chi connectivity index (χ1) is 15.6. The first-order valence-corrected chi connectivity index (χ1v) is 10.2. The molecule has 0 aliphatic rings. The lowest BCUT2D eigenvalue weighted by atomic mass is 10.0. The average molecular weight is 447 g/mol. The predicted molar refractivity (Wildman–Crippen MR) is 127 cm³/mol. The lowest BCUT2D eigenvalue weighted by Gasteiger charge is -2.13. The van der Waals surface area contributed by atoms with E-state index in [1.807, 2.05) is 30.3 Å². The fourth-order valence-corrected chi connectivity index (χ4v) is 3.49. The van der Waals surface area contributed by atoms with Crippen LogP contribution in [0.1, 0.15) is 5.56 Å². The standard InChI is InChI=1S/C24H22N4O3S/c1-29-20-13-19(14-21(30-2)22(20)31-3)23-26-27-24(32)28(23)25-15-16-9-11-18(12-10-16)17-7-5-4-6-8-17/h4-15H,1-3H3,(H,27,32)/b25-15-. The van der Waals surface area contributed by atoms with Gasteiger partial charge in [-0.2, -0.15) is 14.9 Å². The average Bonchev–Trinajstić information content (AvgIpc) is 3.22. The van der Waals surface area contributed by atoms with E-state index in [1.54, 1.807) is 44.4 Å². The summed E-state index contributed by atoms with van der Waals surface area (Å²) in [6.45, 7) is 0. The van der Waals surface area contributed by atoms with Gasteiger partial charge in [-0.15, -0.1) is 0 Å². The third kappa shape index (κ3) is 4.26. The van der Waals surface area contributed by atoms with Gasteiger partial charge in [0.25, 0.3) is 0 Å². The quantitative estimate of drug-likeness (QED) is 0.313. The van der Waals surface area contributed by atoms with E-state index in [9.17, 15) is 0 Å². The van der Waals surface area contributed by atoms with Gasteiger partial charge >= 0.3 is 0 Å².